The predicted molar refractivity (Wildman–Crippen MR) is 55.5 cm³/mol. The van der Waals surface area contributed by atoms with Crippen LogP contribution < -0.4 is 10.6 Å². The van der Waals surface area contributed by atoms with E-state index in [1.54, 1.807) is 20.8 Å². The van der Waals surface area contributed by atoms with E-state index in [-0.39, 0.29) is 6.04 Å². The van der Waals surface area contributed by atoms with E-state index >= 15 is 0 Å². The van der Waals surface area contributed by atoms with Crippen LogP contribution in [0, 0.1) is 0 Å². The van der Waals surface area contributed by atoms with Crippen LogP contribution in [0.1, 0.15) is 27.2 Å². The van der Waals surface area contributed by atoms with Gasteiger partial charge in [0.15, 0.2) is 0 Å². The molecule has 1 rings (SSSR count). The molecule has 0 aromatic carbocycles. The first-order valence-electron chi connectivity index (χ1n) is 5.21. The van der Waals surface area contributed by atoms with Crippen LogP contribution in [0.25, 0.3) is 0 Å². The normalized spacial score (nSPS) is 27.2. The average Bonchev–Trinajstić information content (AvgIpc) is 1.99. The highest BCUT2D eigenvalue weighted by Gasteiger charge is 2.24. The van der Waals surface area contributed by atoms with Crippen molar-refractivity contribution in [1.29, 1.82) is 0 Å². The van der Waals surface area contributed by atoms with Crippen LogP contribution in [0.3, 0.4) is 0 Å². The molecule has 0 radical (unpaired) electrons. The molecular weight excluding hydrogens is 199 g/mol. The lowest BCUT2D eigenvalue weighted by Crippen LogP contribution is -2.50. The van der Waals surface area contributed by atoms with E-state index in [0.29, 0.717) is 19.5 Å². The Morgan fingerprint density at radius 2 is 2.13 bits per heavy atom. The molecule has 15 heavy (non-hydrogen) atoms. The number of nitrogens with one attached hydrogen (secondary N) is 2. The van der Waals surface area contributed by atoms with Gasteiger partial charge in [0.05, 0.1) is 0 Å². The zero-order valence-electron chi connectivity index (χ0n) is 9.47. The summed E-state index contributed by atoms with van der Waals surface area (Å²) < 4.78 is 18.0. The molecule has 2 atom stereocenters. The number of carbonyl (C=O) groups is 1. The van der Waals surface area contributed by atoms with E-state index in [9.17, 15) is 9.18 Å². The molecule has 0 aromatic heterocycles. The number of hydrogen-bond donors (Lipinski definition) is 2. The Balaban J connectivity index is 2.31. The molecular formula is C10H19FN2O2. The van der Waals surface area contributed by atoms with Crippen molar-refractivity contribution in [2.45, 2.75) is 45.0 Å². The molecule has 5 heteroatoms. The number of amides is 1. The molecule has 1 fully saturated rings. The summed E-state index contributed by atoms with van der Waals surface area (Å²) in [6.07, 6.45) is -1.02. The Morgan fingerprint density at radius 3 is 2.67 bits per heavy atom. The van der Waals surface area contributed by atoms with Crippen molar-refractivity contribution in [3.63, 3.8) is 0 Å². The lowest BCUT2D eigenvalue weighted by molar-refractivity contribution is 0.0486. The molecule has 1 amide bonds. The van der Waals surface area contributed by atoms with Gasteiger partial charge >= 0.3 is 6.09 Å². The number of ether oxygens (including phenoxy) is 1. The number of carbonyl (C=O) groups excluding carboxylic acids is 1. The number of halogens is 1. The lowest BCUT2D eigenvalue weighted by atomic mass is 10.1. The molecule has 4 nitrogen and oxygen atoms in total. The zero-order valence-corrected chi connectivity index (χ0v) is 9.47. The highest BCUT2D eigenvalue weighted by Crippen LogP contribution is 2.09. The van der Waals surface area contributed by atoms with Gasteiger partial charge in [-0.2, -0.15) is 0 Å². The molecule has 1 aliphatic heterocycles. The summed E-state index contributed by atoms with van der Waals surface area (Å²) in [6.45, 7) is 6.35. The third kappa shape index (κ3) is 4.97. The number of rotatable bonds is 1. The van der Waals surface area contributed by atoms with Crippen LogP contribution in [0.15, 0.2) is 0 Å². The summed E-state index contributed by atoms with van der Waals surface area (Å²) in [4.78, 5) is 11.4. The third-order valence-corrected chi connectivity index (χ3v) is 2.02. The molecule has 0 aromatic rings. The maximum absolute atomic E-state index is 13.0. The van der Waals surface area contributed by atoms with E-state index in [0.717, 1.165) is 0 Å². The first kappa shape index (κ1) is 12.2. The fourth-order valence-electron chi connectivity index (χ4n) is 1.47. The van der Waals surface area contributed by atoms with Gasteiger partial charge in [-0.05, 0) is 20.8 Å². The van der Waals surface area contributed by atoms with E-state index in [1.807, 2.05) is 0 Å². The number of piperidine rings is 1. The molecule has 1 saturated heterocycles. The summed E-state index contributed by atoms with van der Waals surface area (Å²) >= 11 is 0. The quantitative estimate of drug-likeness (QED) is 0.695. The molecule has 0 aliphatic carbocycles. The first-order chi connectivity index (χ1) is 6.87. The first-order valence-corrected chi connectivity index (χ1v) is 5.21. The number of alkyl carbamates (subject to hydrolysis) is 1. The van der Waals surface area contributed by atoms with Gasteiger partial charge in [0, 0.05) is 25.6 Å². The van der Waals surface area contributed by atoms with Crippen molar-refractivity contribution in [2.75, 3.05) is 13.1 Å². The number of alkyl halides is 1. The topological polar surface area (TPSA) is 50.4 Å². The van der Waals surface area contributed by atoms with Crippen LogP contribution in [0.4, 0.5) is 9.18 Å². The molecule has 88 valence electrons. The van der Waals surface area contributed by atoms with Gasteiger partial charge in [0.25, 0.3) is 0 Å². The second-order valence-electron chi connectivity index (χ2n) is 4.83. The minimum atomic E-state index is -0.890. The van der Waals surface area contributed by atoms with Crippen molar-refractivity contribution in [1.82, 2.24) is 10.6 Å². The van der Waals surface area contributed by atoms with Crippen LogP contribution in [-0.4, -0.2) is 37.0 Å². The summed E-state index contributed by atoms with van der Waals surface area (Å²) in [7, 11) is 0. The second kappa shape index (κ2) is 4.79. The molecule has 2 N–H and O–H groups in total. The molecule has 1 heterocycles. The molecule has 1 aliphatic rings. The number of hydrogen-bond acceptors (Lipinski definition) is 3. The molecule has 0 saturated carbocycles. The average molecular weight is 218 g/mol. The van der Waals surface area contributed by atoms with Crippen LogP contribution in [-0.2, 0) is 4.74 Å². The van der Waals surface area contributed by atoms with Gasteiger partial charge in [-0.3, -0.25) is 0 Å². The maximum atomic E-state index is 13.0. The zero-order chi connectivity index (χ0) is 11.5. The van der Waals surface area contributed by atoms with E-state index in [1.165, 1.54) is 0 Å². The molecule has 0 unspecified atom stereocenters. The fourth-order valence-corrected chi connectivity index (χ4v) is 1.47. The van der Waals surface area contributed by atoms with Crippen LogP contribution >= 0.6 is 0 Å². The Labute approximate surface area is 89.6 Å². The Hall–Kier alpha value is -0.840. The minimum absolute atomic E-state index is 0.177. The summed E-state index contributed by atoms with van der Waals surface area (Å²) in [5, 5.41) is 5.55. The molecule has 0 spiro atoms. The van der Waals surface area contributed by atoms with Gasteiger partial charge in [-0.15, -0.1) is 0 Å². The highest BCUT2D eigenvalue weighted by molar-refractivity contribution is 5.68. The SMILES string of the molecule is CC(C)(C)OC(=O)N[C@H]1CNC[C@@H](F)C1. The Bertz CT molecular complexity index is 228. The monoisotopic (exact) mass is 218 g/mol. The van der Waals surface area contributed by atoms with E-state index in [2.05, 4.69) is 10.6 Å². The van der Waals surface area contributed by atoms with Crippen molar-refractivity contribution in [2.24, 2.45) is 0 Å². The van der Waals surface area contributed by atoms with Crippen LogP contribution in [0.5, 0.6) is 0 Å². The minimum Gasteiger partial charge on any atom is -0.444 e. The second-order valence-corrected chi connectivity index (χ2v) is 4.83. The van der Waals surface area contributed by atoms with Crippen molar-refractivity contribution in [3.05, 3.63) is 0 Å². The maximum Gasteiger partial charge on any atom is 0.407 e. The largest absolute Gasteiger partial charge is 0.444 e. The standard InChI is InChI=1S/C10H19FN2O2/c1-10(2,3)15-9(14)13-8-4-7(11)5-12-6-8/h7-8,12H,4-6H2,1-3H3,(H,13,14)/t7-,8+/m0/s1. The van der Waals surface area contributed by atoms with Crippen molar-refractivity contribution in [3.8, 4) is 0 Å². The van der Waals surface area contributed by atoms with E-state index < -0.39 is 17.9 Å². The molecule has 0 bridgehead atoms. The van der Waals surface area contributed by atoms with Gasteiger partial charge in [-0.1, -0.05) is 0 Å². The van der Waals surface area contributed by atoms with Gasteiger partial charge in [0.2, 0.25) is 0 Å². The summed E-state index contributed by atoms with van der Waals surface area (Å²) in [6, 6.07) is -0.177. The van der Waals surface area contributed by atoms with Gasteiger partial charge in [0.1, 0.15) is 11.8 Å². The summed E-state index contributed by atoms with van der Waals surface area (Å²) in [5.41, 5.74) is -0.513. The lowest BCUT2D eigenvalue weighted by Gasteiger charge is -2.28. The Kier molecular flexibility index (Phi) is 3.90. The predicted octanol–water partition coefficient (Wildman–Crippen LogP) is 1.21. The third-order valence-electron chi connectivity index (χ3n) is 2.02. The van der Waals surface area contributed by atoms with Gasteiger partial charge in [-0.25, -0.2) is 9.18 Å². The van der Waals surface area contributed by atoms with Crippen LogP contribution in [0.2, 0.25) is 0 Å². The van der Waals surface area contributed by atoms with Gasteiger partial charge < -0.3 is 15.4 Å². The highest BCUT2D eigenvalue weighted by atomic mass is 19.1. The summed E-state index contributed by atoms with van der Waals surface area (Å²) in [5.74, 6) is 0. The fraction of sp³-hybridized carbons (Fsp3) is 0.900. The van der Waals surface area contributed by atoms with E-state index in [4.69, 9.17) is 4.74 Å². The smallest absolute Gasteiger partial charge is 0.407 e. The van der Waals surface area contributed by atoms with Crippen molar-refractivity contribution < 1.29 is 13.9 Å². The Morgan fingerprint density at radius 1 is 1.47 bits per heavy atom. The van der Waals surface area contributed by atoms with Crippen molar-refractivity contribution >= 4 is 6.09 Å².